The molecule has 2 aromatic heterocycles. The van der Waals surface area contributed by atoms with E-state index in [0.717, 1.165) is 5.39 Å². The molecule has 1 aliphatic carbocycles. The zero-order valence-electron chi connectivity index (χ0n) is 20.0. The van der Waals surface area contributed by atoms with Crippen molar-refractivity contribution in [2.24, 2.45) is 16.6 Å². The van der Waals surface area contributed by atoms with Crippen molar-refractivity contribution in [2.75, 3.05) is 17.7 Å². The van der Waals surface area contributed by atoms with Crippen molar-refractivity contribution >= 4 is 38.8 Å². The van der Waals surface area contributed by atoms with Gasteiger partial charge in [0.1, 0.15) is 33.2 Å². The molecule has 10 heteroatoms. The average Bonchev–Trinajstić information content (AvgIpc) is 3.62. The Balaban J connectivity index is 1.46. The van der Waals surface area contributed by atoms with Crippen LogP contribution >= 0.6 is 10.6 Å². The topological polar surface area (TPSA) is 126 Å². The third-order valence-corrected chi connectivity index (χ3v) is 9.66. The van der Waals surface area contributed by atoms with E-state index in [9.17, 15) is 9.11 Å². The van der Waals surface area contributed by atoms with Crippen LogP contribution in [0.5, 0.6) is 5.75 Å². The summed E-state index contributed by atoms with van der Waals surface area (Å²) in [6.45, 7) is 5.63. The molecule has 5 N–H and O–H groups in total. The molecule has 1 aromatic carbocycles. The van der Waals surface area contributed by atoms with Crippen molar-refractivity contribution in [1.82, 2.24) is 9.97 Å². The van der Waals surface area contributed by atoms with Gasteiger partial charge in [-0.05, 0) is 69.9 Å². The minimum atomic E-state index is -3.17. The normalized spacial score (nSPS) is 24.0. The van der Waals surface area contributed by atoms with Gasteiger partial charge in [0.2, 0.25) is 0 Å². The van der Waals surface area contributed by atoms with Crippen LogP contribution in [0, 0.1) is 11.7 Å². The fourth-order valence-electron chi connectivity index (χ4n) is 4.17. The minimum absolute atomic E-state index is 0.0867. The van der Waals surface area contributed by atoms with E-state index in [1.807, 2.05) is 12.1 Å². The first-order valence-corrected chi connectivity index (χ1v) is 13.3. The van der Waals surface area contributed by atoms with Gasteiger partial charge in [0.15, 0.2) is 5.82 Å². The van der Waals surface area contributed by atoms with Crippen LogP contribution in [-0.2, 0) is 5.54 Å². The molecule has 0 saturated heterocycles. The van der Waals surface area contributed by atoms with Gasteiger partial charge in [-0.1, -0.05) is 0 Å². The molecule has 5 rings (SSSR count). The van der Waals surface area contributed by atoms with E-state index in [4.69, 9.17) is 10.5 Å². The Morgan fingerprint density at radius 2 is 1.94 bits per heavy atom. The first kappa shape index (κ1) is 23.8. The summed E-state index contributed by atoms with van der Waals surface area (Å²) in [5.74, 6) is 1.32. The number of benzene rings is 1. The number of hydrogen-bond donors (Lipinski definition) is 4. The number of nitrogens with two attached hydrogens (primary N) is 1. The van der Waals surface area contributed by atoms with Crippen molar-refractivity contribution in [2.45, 2.75) is 43.9 Å². The fraction of sp³-hybridized carbons (Fsp3) is 0.400. The van der Waals surface area contributed by atoms with Gasteiger partial charge in [-0.15, -0.1) is 0 Å². The number of fused-ring (bicyclic) bond motifs is 1. The summed E-state index contributed by atoms with van der Waals surface area (Å²) >= 11 is 0. The fourth-order valence-corrected chi connectivity index (χ4v) is 5.92. The lowest BCUT2D eigenvalue weighted by atomic mass is 9.92. The number of nitrogens with one attached hydrogen (secondary N) is 1. The van der Waals surface area contributed by atoms with Crippen LogP contribution in [0.25, 0.3) is 10.9 Å². The van der Waals surface area contributed by atoms with E-state index in [0.29, 0.717) is 35.3 Å². The Morgan fingerprint density at radius 1 is 1.17 bits per heavy atom. The van der Waals surface area contributed by atoms with E-state index in [-0.39, 0.29) is 17.2 Å². The molecule has 3 heterocycles. The first-order valence-electron chi connectivity index (χ1n) is 11.5. The second-order valence-corrected chi connectivity index (χ2v) is 12.7. The van der Waals surface area contributed by atoms with Gasteiger partial charge >= 0.3 is 0 Å². The van der Waals surface area contributed by atoms with Gasteiger partial charge in [0.05, 0.1) is 18.6 Å². The van der Waals surface area contributed by atoms with Crippen LogP contribution in [0.4, 0.5) is 15.9 Å². The molecule has 8 nitrogen and oxygen atoms in total. The molecular formula is C25H30FN5O3S. The second-order valence-electron chi connectivity index (χ2n) is 10.1. The number of anilines is 2. The molecule has 0 amide bonds. The lowest BCUT2D eigenvalue weighted by Crippen LogP contribution is -2.52. The van der Waals surface area contributed by atoms with Gasteiger partial charge in [-0.25, -0.2) is 14.4 Å². The Morgan fingerprint density at radius 3 is 2.66 bits per heavy atom. The maximum Gasteiger partial charge on any atom is 0.156 e. The van der Waals surface area contributed by atoms with Crippen molar-refractivity contribution < 1.29 is 18.2 Å². The van der Waals surface area contributed by atoms with Crippen molar-refractivity contribution in [1.29, 1.82) is 0 Å². The van der Waals surface area contributed by atoms with Gasteiger partial charge in [-0.3, -0.25) is 14.1 Å². The Bertz CT molecular complexity index is 1330. The summed E-state index contributed by atoms with van der Waals surface area (Å²) < 4.78 is 41.3. The molecule has 186 valence electrons. The molecule has 0 unspecified atom stereocenters. The number of aliphatic imine (C=N–C) groups is 1. The monoisotopic (exact) mass is 499 g/mol. The molecule has 0 spiro atoms. The highest BCUT2D eigenvalue weighted by Gasteiger charge is 2.49. The predicted molar refractivity (Wildman–Crippen MR) is 138 cm³/mol. The molecule has 35 heavy (non-hydrogen) atoms. The summed E-state index contributed by atoms with van der Waals surface area (Å²) in [6.07, 6.45) is 5.78. The number of halogens is 1. The number of amidine groups is 1. The maximum atomic E-state index is 15.0. The third-order valence-electron chi connectivity index (χ3n) is 6.85. The van der Waals surface area contributed by atoms with E-state index >= 15 is 4.39 Å². The summed E-state index contributed by atoms with van der Waals surface area (Å²) in [5, 5.41) is 4.09. The summed E-state index contributed by atoms with van der Waals surface area (Å²) in [5.41, 5.74) is 6.30. The molecule has 1 aliphatic heterocycles. The quantitative estimate of drug-likeness (QED) is 0.357. The van der Waals surface area contributed by atoms with Crippen LogP contribution in [0.3, 0.4) is 0 Å². The summed E-state index contributed by atoms with van der Waals surface area (Å²) in [4.78, 5) is 13.5. The SMILES string of the molecule is CC1(C)C(N)=N[C@](C)(c2cc(Nc3nccc4cc(OCC5CC5)cnc34)ccc2F)CS1(O)O. The molecule has 1 atom stereocenters. The molecule has 2 aliphatic rings. The van der Waals surface area contributed by atoms with E-state index in [2.05, 4.69) is 20.3 Å². The second kappa shape index (κ2) is 8.32. The molecule has 3 aromatic rings. The zero-order valence-corrected chi connectivity index (χ0v) is 20.8. The van der Waals surface area contributed by atoms with Crippen LogP contribution in [0.1, 0.15) is 39.2 Å². The van der Waals surface area contributed by atoms with Gasteiger partial charge in [-0.2, -0.15) is 10.6 Å². The van der Waals surface area contributed by atoms with Gasteiger partial charge in [0, 0.05) is 22.8 Å². The molecule has 0 bridgehead atoms. The standard InChI is InChI=1S/C25H30FN5O3S/c1-24(2)23(27)31-25(3,14-35(24,32)33)19-11-17(6-7-20(19)26)30-22-21-16(8-9-28-22)10-18(12-29-21)34-13-15-4-5-15/h6-12,15,32-33H,4-5,13-14H2,1-3H3,(H2,27,31)(H,28,30)/t25-/m0/s1. The number of pyridine rings is 2. The maximum absolute atomic E-state index is 15.0. The Hall–Kier alpha value is -2.95. The van der Waals surface area contributed by atoms with E-state index in [1.54, 1.807) is 45.3 Å². The van der Waals surface area contributed by atoms with Crippen LogP contribution in [0.15, 0.2) is 47.7 Å². The van der Waals surface area contributed by atoms with Crippen molar-refractivity contribution in [3.8, 4) is 5.75 Å². The zero-order chi connectivity index (χ0) is 25.0. The lowest BCUT2D eigenvalue weighted by molar-refractivity contribution is 0.299. The average molecular weight is 500 g/mol. The number of nitrogens with zero attached hydrogens (tertiary/aromatic N) is 3. The number of aromatic nitrogens is 2. The van der Waals surface area contributed by atoms with Crippen LogP contribution in [-0.4, -0.2) is 42.0 Å². The molecule has 1 saturated carbocycles. The number of hydrogen-bond acceptors (Lipinski definition) is 8. The highest BCUT2D eigenvalue weighted by molar-refractivity contribution is 8.26. The Labute approximate surface area is 205 Å². The highest BCUT2D eigenvalue weighted by Crippen LogP contribution is 2.59. The number of rotatable bonds is 6. The van der Waals surface area contributed by atoms with Crippen molar-refractivity contribution in [3.63, 3.8) is 0 Å². The number of ether oxygens (including phenoxy) is 1. The van der Waals surface area contributed by atoms with Gasteiger partial charge in [0.25, 0.3) is 0 Å². The summed E-state index contributed by atoms with van der Waals surface area (Å²) in [6, 6.07) is 8.31. The highest BCUT2D eigenvalue weighted by atomic mass is 32.3. The third kappa shape index (κ3) is 4.41. The summed E-state index contributed by atoms with van der Waals surface area (Å²) in [7, 11) is -3.17. The molecule has 1 fully saturated rings. The van der Waals surface area contributed by atoms with Crippen LogP contribution in [0.2, 0.25) is 0 Å². The van der Waals surface area contributed by atoms with Crippen LogP contribution < -0.4 is 15.8 Å². The largest absolute Gasteiger partial charge is 0.492 e. The predicted octanol–water partition coefficient (Wildman–Crippen LogP) is 5.42. The molecule has 0 radical (unpaired) electrons. The Kier molecular flexibility index (Phi) is 5.65. The first-order chi connectivity index (χ1) is 16.5. The van der Waals surface area contributed by atoms with Gasteiger partial charge < -0.3 is 15.8 Å². The molecular weight excluding hydrogens is 469 g/mol. The van der Waals surface area contributed by atoms with E-state index in [1.165, 1.54) is 18.9 Å². The minimum Gasteiger partial charge on any atom is -0.492 e. The smallest absolute Gasteiger partial charge is 0.156 e. The lowest BCUT2D eigenvalue weighted by Gasteiger charge is -2.53. The van der Waals surface area contributed by atoms with E-state index < -0.39 is 26.7 Å². The van der Waals surface area contributed by atoms with Crippen molar-refractivity contribution in [3.05, 3.63) is 54.1 Å².